The lowest BCUT2D eigenvalue weighted by Gasteiger charge is -2.26. The summed E-state index contributed by atoms with van der Waals surface area (Å²) in [7, 11) is -2.91. The Morgan fingerprint density at radius 1 is 1.29 bits per heavy atom. The van der Waals surface area contributed by atoms with Gasteiger partial charge in [0.15, 0.2) is 9.84 Å². The van der Waals surface area contributed by atoms with E-state index in [-0.39, 0.29) is 17.4 Å². The predicted molar refractivity (Wildman–Crippen MR) is 85.8 cm³/mol. The van der Waals surface area contributed by atoms with E-state index < -0.39 is 9.84 Å². The fraction of sp³-hybridized carbons (Fsp3) is 0.714. The monoisotopic (exact) mass is 312 g/mol. The van der Waals surface area contributed by atoms with Crippen LogP contribution in [0.2, 0.25) is 0 Å². The van der Waals surface area contributed by atoms with Gasteiger partial charge in [0, 0.05) is 25.2 Å². The molecule has 1 aliphatic heterocycles. The minimum Gasteiger partial charge on any atom is -0.370 e. The molecular weight excluding hydrogens is 288 g/mol. The Morgan fingerprint density at radius 3 is 2.71 bits per heavy atom. The molecular formula is C14H24N4O2S. The molecule has 0 atom stereocenters. The molecule has 0 bridgehead atoms. The highest BCUT2D eigenvalue weighted by atomic mass is 32.2. The van der Waals surface area contributed by atoms with Crippen molar-refractivity contribution in [1.82, 2.24) is 9.97 Å². The summed E-state index contributed by atoms with van der Waals surface area (Å²) in [5.74, 6) is 2.46. The van der Waals surface area contributed by atoms with Crippen LogP contribution in [-0.4, -0.2) is 49.5 Å². The molecule has 0 amide bonds. The molecule has 1 aromatic rings. The molecule has 0 spiro atoms. The molecule has 6 nitrogen and oxygen atoms in total. The molecule has 0 unspecified atom stereocenters. The van der Waals surface area contributed by atoms with Crippen LogP contribution in [0.3, 0.4) is 0 Å². The molecule has 1 N–H and O–H groups in total. The molecule has 0 saturated carbocycles. The number of sulfone groups is 1. The number of anilines is 2. The van der Waals surface area contributed by atoms with Gasteiger partial charge in [-0.3, -0.25) is 0 Å². The molecule has 1 aliphatic rings. The van der Waals surface area contributed by atoms with E-state index in [0.717, 1.165) is 30.3 Å². The van der Waals surface area contributed by atoms with Crippen molar-refractivity contribution in [2.24, 2.45) is 0 Å². The maximum Gasteiger partial charge on any atom is 0.152 e. The average molecular weight is 312 g/mol. The molecule has 7 heteroatoms. The molecule has 21 heavy (non-hydrogen) atoms. The van der Waals surface area contributed by atoms with Gasteiger partial charge in [-0.15, -0.1) is 0 Å². The molecule has 2 rings (SSSR count). The Kier molecular flexibility index (Phi) is 5.03. The molecule has 118 valence electrons. The summed E-state index contributed by atoms with van der Waals surface area (Å²) in [6, 6.07) is 0. The van der Waals surface area contributed by atoms with Crippen molar-refractivity contribution in [3.63, 3.8) is 0 Å². The van der Waals surface area contributed by atoms with Crippen LogP contribution in [0.25, 0.3) is 0 Å². The van der Waals surface area contributed by atoms with Crippen molar-refractivity contribution in [1.29, 1.82) is 0 Å². The van der Waals surface area contributed by atoms with Gasteiger partial charge in [0.25, 0.3) is 0 Å². The van der Waals surface area contributed by atoms with Gasteiger partial charge in [-0.25, -0.2) is 18.4 Å². The highest BCUT2D eigenvalue weighted by Gasteiger charge is 2.24. The fourth-order valence-electron chi connectivity index (χ4n) is 2.63. The van der Waals surface area contributed by atoms with E-state index in [9.17, 15) is 8.42 Å². The van der Waals surface area contributed by atoms with Crippen LogP contribution in [0.1, 0.15) is 38.7 Å². The third kappa shape index (κ3) is 3.84. The summed E-state index contributed by atoms with van der Waals surface area (Å²) in [5.41, 5.74) is 1.07. The van der Waals surface area contributed by atoms with Gasteiger partial charge in [0.2, 0.25) is 0 Å². The number of hydrogen-bond donors (Lipinski definition) is 1. The summed E-state index contributed by atoms with van der Waals surface area (Å²) in [6.45, 7) is 8.27. The van der Waals surface area contributed by atoms with E-state index in [1.807, 2.05) is 6.92 Å². The van der Waals surface area contributed by atoms with Gasteiger partial charge in [-0.05, 0) is 19.3 Å². The lowest BCUT2D eigenvalue weighted by atomic mass is 10.0. The van der Waals surface area contributed by atoms with Crippen molar-refractivity contribution in [2.45, 2.75) is 33.1 Å². The summed E-state index contributed by atoms with van der Waals surface area (Å²) in [6.07, 6.45) is 2.21. The second-order valence-corrected chi connectivity index (χ2v) is 7.94. The maximum atomic E-state index is 11.8. The van der Waals surface area contributed by atoms with E-state index >= 15 is 0 Å². The Bertz CT molecular complexity index is 587. The van der Waals surface area contributed by atoms with Crippen molar-refractivity contribution >= 4 is 21.5 Å². The zero-order chi connectivity index (χ0) is 15.5. The number of hydrogen-bond acceptors (Lipinski definition) is 6. The first-order valence-electron chi connectivity index (χ1n) is 7.48. The predicted octanol–water partition coefficient (Wildman–Crippen LogP) is 1.66. The molecule has 0 aliphatic carbocycles. The van der Waals surface area contributed by atoms with E-state index in [1.165, 1.54) is 0 Å². The minimum absolute atomic E-state index is 0.199. The van der Waals surface area contributed by atoms with Gasteiger partial charge in [-0.2, -0.15) is 0 Å². The summed E-state index contributed by atoms with van der Waals surface area (Å²) >= 11 is 0. The van der Waals surface area contributed by atoms with Crippen molar-refractivity contribution in [3.05, 3.63) is 11.9 Å². The average Bonchev–Trinajstić information content (AvgIpc) is 2.59. The third-order valence-electron chi connectivity index (χ3n) is 3.64. The normalized spacial score (nSPS) is 18.6. The van der Waals surface area contributed by atoms with Gasteiger partial charge in [-0.1, -0.05) is 13.8 Å². The highest BCUT2D eigenvalue weighted by Crippen LogP contribution is 2.31. The standard InChI is InChI=1S/C14H24N4O2S/c1-4-15-13-12(11(2)3)14(17-10-16-13)18-6-5-8-21(19,20)9-7-18/h10-11H,4-9H2,1-3H3,(H,15,16,17). The van der Waals surface area contributed by atoms with E-state index in [4.69, 9.17) is 0 Å². The lowest BCUT2D eigenvalue weighted by Crippen LogP contribution is -2.29. The molecule has 2 heterocycles. The number of nitrogens with zero attached hydrogens (tertiary/aromatic N) is 3. The number of nitrogens with one attached hydrogen (secondary N) is 1. The zero-order valence-corrected chi connectivity index (χ0v) is 13.8. The topological polar surface area (TPSA) is 75.2 Å². The smallest absolute Gasteiger partial charge is 0.152 e. The molecule has 1 saturated heterocycles. The number of rotatable bonds is 4. The van der Waals surface area contributed by atoms with Crippen LogP contribution in [0, 0.1) is 0 Å². The first-order chi connectivity index (χ1) is 9.94. The minimum atomic E-state index is -2.91. The molecule has 0 aromatic carbocycles. The molecule has 0 radical (unpaired) electrons. The van der Waals surface area contributed by atoms with Gasteiger partial charge in [0.1, 0.15) is 18.0 Å². The third-order valence-corrected chi connectivity index (χ3v) is 5.35. The molecule has 1 fully saturated rings. The van der Waals surface area contributed by atoms with Gasteiger partial charge in [0.05, 0.1) is 11.5 Å². The lowest BCUT2D eigenvalue weighted by molar-refractivity contribution is 0.597. The van der Waals surface area contributed by atoms with Crippen molar-refractivity contribution in [2.75, 3.05) is 41.4 Å². The van der Waals surface area contributed by atoms with Gasteiger partial charge >= 0.3 is 0 Å². The Hall–Kier alpha value is -1.37. The van der Waals surface area contributed by atoms with Gasteiger partial charge < -0.3 is 10.2 Å². The van der Waals surface area contributed by atoms with Crippen molar-refractivity contribution in [3.8, 4) is 0 Å². The summed E-state index contributed by atoms with van der Waals surface area (Å²) in [5, 5.41) is 3.27. The van der Waals surface area contributed by atoms with Crippen LogP contribution in [0.15, 0.2) is 6.33 Å². The Morgan fingerprint density at radius 2 is 2.05 bits per heavy atom. The first kappa shape index (κ1) is 16.0. The summed E-state index contributed by atoms with van der Waals surface area (Å²) < 4.78 is 23.5. The fourth-order valence-corrected chi connectivity index (χ4v) is 3.90. The highest BCUT2D eigenvalue weighted by molar-refractivity contribution is 7.91. The molecule has 1 aromatic heterocycles. The largest absolute Gasteiger partial charge is 0.370 e. The first-order valence-corrected chi connectivity index (χ1v) is 9.31. The maximum absolute atomic E-state index is 11.8. The second kappa shape index (κ2) is 6.60. The van der Waals surface area contributed by atoms with Crippen molar-refractivity contribution < 1.29 is 8.42 Å². The van der Waals surface area contributed by atoms with E-state index in [0.29, 0.717) is 13.0 Å². The second-order valence-electron chi connectivity index (χ2n) is 5.64. The van der Waals surface area contributed by atoms with Crippen LogP contribution in [0.5, 0.6) is 0 Å². The van der Waals surface area contributed by atoms with E-state index in [2.05, 4.69) is 34.0 Å². The van der Waals surface area contributed by atoms with E-state index in [1.54, 1.807) is 6.33 Å². The number of aromatic nitrogens is 2. The summed E-state index contributed by atoms with van der Waals surface area (Å²) in [4.78, 5) is 10.9. The van der Waals surface area contributed by atoms with Crippen LogP contribution < -0.4 is 10.2 Å². The SMILES string of the molecule is CCNc1ncnc(N2CCCS(=O)(=O)CC2)c1C(C)C. The van der Waals surface area contributed by atoms with Crippen LogP contribution in [0.4, 0.5) is 11.6 Å². The Labute approximate surface area is 126 Å². The van der Waals surface area contributed by atoms with Crippen LogP contribution >= 0.6 is 0 Å². The Balaban J connectivity index is 2.36. The zero-order valence-electron chi connectivity index (χ0n) is 13.0. The quantitative estimate of drug-likeness (QED) is 0.911. The van der Waals surface area contributed by atoms with Crippen LogP contribution in [-0.2, 0) is 9.84 Å².